The molecule has 1 heterocycles. The van der Waals surface area contributed by atoms with Crippen molar-refractivity contribution in [2.45, 2.75) is 51.2 Å². The van der Waals surface area contributed by atoms with Crippen LogP contribution in [-0.4, -0.2) is 36.0 Å². The Kier molecular flexibility index (Phi) is 8.11. The van der Waals surface area contributed by atoms with Gasteiger partial charge in [0.15, 0.2) is 0 Å². The average molecular weight is 395 g/mol. The molecule has 1 N–H and O–H groups in total. The van der Waals surface area contributed by atoms with Crippen molar-refractivity contribution in [3.63, 3.8) is 0 Å². The standard InChI is InChI=1S/C24H30N2O3/c27-23(26-16-10-2-1-3-11-17-26)22(18-20-12-6-4-7-13-20)25-24(28)29-19-21-14-8-5-9-15-21/h4-9,12-15,22H,1-3,10-11,16-19H2,(H,25,28). The Morgan fingerprint density at radius 3 is 2.00 bits per heavy atom. The van der Waals surface area contributed by atoms with Crippen LogP contribution in [0.4, 0.5) is 4.79 Å². The summed E-state index contributed by atoms with van der Waals surface area (Å²) in [6, 6.07) is 18.7. The Hall–Kier alpha value is -2.82. The maximum Gasteiger partial charge on any atom is 0.408 e. The molecule has 1 fully saturated rings. The van der Waals surface area contributed by atoms with E-state index in [1.165, 1.54) is 6.42 Å². The lowest BCUT2D eigenvalue weighted by molar-refractivity contribution is -0.133. The van der Waals surface area contributed by atoms with Gasteiger partial charge in [-0.2, -0.15) is 0 Å². The lowest BCUT2D eigenvalue weighted by Gasteiger charge is -2.29. The first kappa shape index (κ1) is 20.9. The molecule has 1 atom stereocenters. The third kappa shape index (κ3) is 6.93. The van der Waals surface area contributed by atoms with E-state index in [-0.39, 0.29) is 12.5 Å². The van der Waals surface area contributed by atoms with Gasteiger partial charge in [0.25, 0.3) is 0 Å². The fourth-order valence-corrected chi connectivity index (χ4v) is 3.65. The van der Waals surface area contributed by atoms with Gasteiger partial charge in [-0.3, -0.25) is 4.79 Å². The number of ether oxygens (including phenoxy) is 1. The van der Waals surface area contributed by atoms with Gasteiger partial charge < -0.3 is 15.0 Å². The monoisotopic (exact) mass is 394 g/mol. The van der Waals surface area contributed by atoms with Crippen LogP contribution in [0.2, 0.25) is 0 Å². The van der Waals surface area contributed by atoms with Gasteiger partial charge >= 0.3 is 6.09 Å². The molecule has 0 radical (unpaired) electrons. The summed E-state index contributed by atoms with van der Waals surface area (Å²) in [5.74, 6) is -0.0209. The van der Waals surface area contributed by atoms with E-state index in [1.54, 1.807) is 0 Å². The van der Waals surface area contributed by atoms with Crippen molar-refractivity contribution in [3.8, 4) is 0 Å². The van der Waals surface area contributed by atoms with Crippen LogP contribution in [0.3, 0.4) is 0 Å². The number of hydrogen-bond donors (Lipinski definition) is 1. The first-order valence-electron chi connectivity index (χ1n) is 10.5. The minimum absolute atomic E-state index is 0.0209. The molecule has 5 heteroatoms. The highest BCUT2D eigenvalue weighted by molar-refractivity contribution is 5.86. The molecule has 0 aromatic heterocycles. The Labute approximate surface area is 173 Å². The van der Waals surface area contributed by atoms with E-state index in [0.29, 0.717) is 6.42 Å². The number of carbonyl (C=O) groups is 2. The van der Waals surface area contributed by atoms with E-state index in [0.717, 1.165) is 49.9 Å². The van der Waals surface area contributed by atoms with Crippen LogP contribution in [0.1, 0.15) is 43.2 Å². The molecule has 2 aromatic carbocycles. The molecule has 1 aliphatic heterocycles. The van der Waals surface area contributed by atoms with Crippen molar-refractivity contribution in [1.82, 2.24) is 10.2 Å². The molecular formula is C24H30N2O3. The topological polar surface area (TPSA) is 58.6 Å². The first-order chi connectivity index (χ1) is 14.2. The SMILES string of the molecule is O=C(NC(Cc1ccccc1)C(=O)N1CCCCCCC1)OCc1ccccc1. The van der Waals surface area contributed by atoms with E-state index in [2.05, 4.69) is 5.32 Å². The van der Waals surface area contributed by atoms with Crippen LogP contribution in [0.25, 0.3) is 0 Å². The lowest BCUT2D eigenvalue weighted by atomic mass is 10.0. The van der Waals surface area contributed by atoms with Crippen molar-refractivity contribution in [2.75, 3.05) is 13.1 Å². The van der Waals surface area contributed by atoms with Crippen LogP contribution in [-0.2, 0) is 22.6 Å². The molecule has 5 nitrogen and oxygen atoms in total. The van der Waals surface area contributed by atoms with E-state index in [4.69, 9.17) is 4.74 Å². The largest absolute Gasteiger partial charge is 0.445 e. The van der Waals surface area contributed by atoms with E-state index < -0.39 is 12.1 Å². The number of rotatable bonds is 6. The van der Waals surface area contributed by atoms with Gasteiger partial charge in [0, 0.05) is 19.5 Å². The van der Waals surface area contributed by atoms with Gasteiger partial charge in [0.1, 0.15) is 12.6 Å². The molecular weight excluding hydrogens is 364 g/mol. The number of nitrogens with one attached hydrogen (secondary N) is 1. The number of carbonyl (C=O) groups excluding carboxylic acids is 2. The van der Waals surface area contributed by atoms with Crippen LogP contribution in [0.5, 0.6) is 0 Å². The molecule has 154 valence electrons. The van der Waals surface area contributed by atoms with Gasteiger partial charge in [-0.1, -0.05) is 79.9 Å². The Balaban J connectivity index is 1.64. The van der Waals surface area contributed by atoms with Gasteiger partial charge in [-0.25, -0.2) is 4.79 Å². The number of nitrogens with zero attached hydrogens (tertiary/aromatic N) is 1. The lowest BCUT2D eigenvalue weighted by Crippen LogP contribution is -2.50. The second-order valence-electron chi connectivity index (χ2n) is 7.54. The van der Waals surface area contributed by atoms with Crippen LogP contribution in [0, 0.1) is 0 Å². The summed E-state index contributed by atoms with van der Waals surface area (Å²) < 4.78 is 5.36. The minimum Gasteiger partial charge on any atom is -0.445 e. The van der Waals surface area contributed by atoms with Crippen molar-refractivity contribution in [3.05, 3.63) is 71.8 Å². The summed E-state index contributed by atoms with van der Waals surface area (Å²) >= 11 is 0. The number of likely N-dealkylation sites (tertiary alicyclic amines) is 1. The number of amides is 2. The maximum atomic E-state index is 13.2. The zero-order valence-corrected chi connectivity index (χ0v) is 16.9. The highest BCUT2D eigenvalue weighted by Gasteiger charge is 2.27. The summed E-state index contributed by atoms with van der Waals surface area (Å²) in [5.41, 5.74) is 1.93. The number of alkyl carbamates (subject to hydrolysis) is 1. The first-order valence-corrected chi connectivity index (χ1v) is 10.5. The Morgan fingerprint density at radius 2 is 1.38 bits per heavy atom. The van der Waals surface area contributed by atoms with Crippen molar-refractivity contribution < 1.29 is 14.3 Å². The fraction of sp³-hybridized carbons (Fsp3) is 0.417. The molecule has 0 spiro atoms. The zero-order valence-electron chi connectivity index (χ0n) is 16.9. The summed E-state index contributed by atoms with van der Waals surface area (Å²) in [4.78, 5) is 27.6. The molecule has 3 rings (SSSR count). The van der Waals surface area contributed by atoms with Gasteiger partial charge in [0.05, 0.1) is 0 Å². The van der Waals surface area contributed by atoms with Gasteiger partial charge in [0.2, 0.25) is 5.91 Å². The van der Waals surface area contributed by atoms with Crippen molar-refractivity contribution >= 4 is 12.0 Å². The summed E-state index contributed by atoms with van der Waals surface area (Å²) in [7, 11) is 0. The maximum absolute atomic E-state index is 13.2. The van der Waals surface area contributed by atoms with Crippen molar-refractivity contribution in [1.29, 1.82) is 0 Å². The molecule has 1 saturated heterocycles. The molecule has 29 heavy (non-hydrogen) atoms. The third-order valence-electron chi connectivity index (χ3n) is 5.25. The minimum atomic E-state index is -0.625. The summed E-state index contributed by atoms with van der Waals surface area (Å²) in [6.45, 7) is 1.69. The second-order valence-corrected chi connectivity index (χ2v) is 7.54. The zero-order chi connectivity index (χ0) is 20.3. The van der Waals surface area contributed by atoms with Crippen LogP contribution < -0.4 is 5.32 Å². The van der Waals surface area contributed by atoms with E-state index >= 15 is 0 Å². The molecule has 1 aliphatic rings. The molecule has 1 unspecified atom stereocenters. The number of benzene rings is 2. The van der Waals surface area contributed by atoms with Crippen LogP contribution >= 0.6 is 0 Å². The molecule has 0 saturated carbocycles. The molecule has 0 bridgehead atoms. The predicted octanol–water partition coefficient (Wildman–Crippen LogP) is 4.32. The van der Waals surface area contributed by atoms with E-state index in [1.807, 2.05) is 65.6 Å². The Bertz CT molecular complexity index is 756. The number of hydrogen-bond acceptors (Lipinski definition) is 3. The highest BCUT2D eigenvalue weighted by Crippen LogP contribution is 2.13. The highest BCUT2D eigenvalue weighted by atomic mass is 16.5. The normalized spacial score (nSPS) is 15.7. The Morgan fingerprint density at radius 1 is 0.828 bits per heavy atom. The van der Waals surface area contributed by atoms with Crippen molar-refractivity contribution in [2.24, 2.45) is 0 Å². The third-order valence-corrected chi connectivity index (χ3v) is 5.25. The summed E-state index contributed by atoms with van der Waals surface area (Å²) in [5, 5.41) is 2.82. The fourth-order valence-electron chi connectivity index (χ4n) is 3.65. The molecule has 2 amide bonds. The molecule has 0 aliphatic carbocycles. The predicted molar refractivity (Wildman–Crippen MR) is 113 cm³/mol. The van der Waals surface area contributed by atoms with Gasteiger partial charge in [-0.15, -0.1) is 0 Å². The summed E-state index contributed by atoms with van der Waals surface area (Å²) in [6.07, 6.45) is 5.47. The second kappa shape index (κ2) is 11.2. The van der Waals surface area contributed by atoms with Gasteiger partial charge in [-0.05, 0) is 24.0 Å². The smallest absolute Gasteiger partial charge is 0.408 e. The quantitative estimate of drug-likeness (QED) is 0.794. The van der Waals surface area contributed by atoms with E-state index in [9.17, 15) is 9.59 Å². The van der Waals surface area contributed by atoms with Crippen LogP contribution in [0.15, 0.2) is 60.7 Å². The average Bonchev–Trinajstić information content (AvgIpc) is 2.73. The molecule has 2 aromatic rings.